The molecular formula is C16H26N2O8. The van der Waals surface area contributed by atoms with Gasteiger partial charge in [0, 0.05) is 0 Å². The van der Waals surface area contributed by atoms with E-state index in [-0.39, 0.29) is 13.0 Å². The van der Waals surface area contributed by atoms with E-state index in [1.807, 2.05) is 0 Å². The van der Waals surface area contributed by atoms with E-state index in [4.69, 9.17) is 34.2 Å². The first-order chi connectivity index (χ1) is 12.0. The van der Waals surface area contributed by atoms with E-state index >= 15 is 0 Å². The van der Waals surface area contributed by atoms with Crippen molar-refractivity contribution in [3.8, 4) is 0 Å². The number of fused-ring (bicyclic) bond motifs is 1. The molecule has 3 heterocycles. The second kappa shape index (κ2) is 6.31. The zero-order valence-corrected chi connectivity index (χ0v) is 15.6. The summed E-state index contributed by atoms with van der Waals surface area (Å²) in [5.74, 6) is -2.30. The van der Waals surface area contributed by atoms with Crippen LogP contribution in [-0.4, -0.2) is 67.4 Å². The number of ether oxygens (including phenoxy) is 6. The topological polar surface area (TPSA) is 128 Å². The lowest BCUT2D eigenvalue weighted by molar-refractivity contribution is -0.232. The van der Waals surface area contributed by atoms with Crippen LogP contribution in [0.4, 0.5) is 4.79 Å². The third kappa shape index (κ3) is 3.52. The summed E-state index contributed by atoms with van der Waals surface area (Å²) in [6.45, 7) is 7.34. The number of nitrogens with two attached hydrogens (primary N) is 1. The Morgan fingerprint density at radius 2 is 1.77 bits per heavy atom. The quantitative estimate of drug-likeness (QED) is 0.658. The zero-order valence-electron chi connectivity index (χ0n) is 15.6. The minimum Gasteiger partial charge on any atom is -0.469 e. The second-order valence-electron chi connectivity index (χ2n) is 7.60. The molecule has 3 rings (SSSR count). The molecule has 0 aliphatic carbocycles. The van der Waals surface area contributed by atoms with Crippen LogP contribution in [-0.2, 0) is 33.2 Å². The molecule has 3 aliphatic rings. The molecule has 10 nitrogen and oxygen atoms in total. The standard InChI is InChI=1S/C16H26N2O8/c1-14(2)22-7-8(23-14)10-11-12(26-15(3,4)24-11)16(25-10,18-13(17)20)6-9(19)21-5/h8,10-12H,6-7H2,1-5H3,(H3,17,18,20)/t8-,10+,11-,12-,16-/m1/s1. The van der Waals surface area contributed by atoms with Crippen LogP contribution in [0.25, 0.3) is 0 Å². The molecule has 3 N–H and O–H groups in total. The van der Waals surface area contributed by atoms with Gasteiger partial charge in [0.15, 0.2) is 17.3 Å². The Bertz CT molecular complexity index is 595. The molecule has 0 bridgehead atoms. The number of hydrogen-bond donors (Lipinski definition) is 2. The first-order valence-corrected chi connectivity index (χ1v) is 8.47. The number of hydrogen-bond acceptors (Lipinski definition) is 8. The number of rotatable bonds is 4. The molecule has 0 radical (unpaired) electrons. The normalized spacial score (nSPS) is 40.2. The maximum absolute atomic E-state index is 12.0. The maximum atomic E-state index is 12.0. The van der Waals surface area contributed by atoms with E-state index in [9.17, 15) is 9.59 Å². The van der Waals surface area contributed by atoms with Crippen LogP contribution in [0, 0.1) is 0 Å². The van der Waals surface area contributed by atoms with Crippen LogP contribution >= 0.6 is 0 Å². The summed E-state index contributed by atoms with van der Waals surface area (Å²) >= 11 is 0. The Hall–Kier alpha value is -1.46. The Labute approximate surface area is 151 Å². The van der Waals surface area contributed by atoms with Crippen molar-refractivity contribution in [2.45, 2.75) is 75.8 Å². The van der Waals surface area contributed by atoms with Crippen molar-refractivity contribution in [2.24, 2.45) is 5.73 Å². The van der Waals surface area contributed by atoms with Crippen LogP contribution in [0.3, 0.4) is 0 Å². The lowest BCUT2D eigenvalue weighted by Gasteiger charge is -2.34. The van der Waals surface area contributed by atoms with Crippen molar-refractivity contribution in [2.75, 3.05) is 13.7 Å². The largest absolute Gasteiger partial charge is 0.469 e. The molecule has 0 saturated carbocycles. The number of nitrogens with one attached hydrogen (secondary N) is 1. The minimum absolute atomic E-state index is 0.273. The molecule has 0 unspecified atom stereocenters. The van der Waals surface area contributed by atoms with Gasteiger partial charge in [-0.2, -0.15) is 0 Å². The van der Waals surface area contributed by atoms with Gasteiger partial charge >= 0.3 is 12.0 Å². The molecule has 3 saturated heterocycles. The average molecular weight is 374 g/mol. The van der Waals surface area contributed by atoms with Crippen molar-refractivity contribution < 1.29 is 38.0 Å². The fraction of sp³-hybridized carbons (Fsp3) is 0.875. The molecular weight excluding hydrogens is 348 g/mol. The van der Waals surface area contributed by atoms with Gasteiger partial charge in [-0.3, -0.25) is 4.79 Å². The summed E-state index contributed by atoms with van der Waals surface area (Å²) in [5, 5.41) is 2.52. The van der Waals surface area contributed by atoms with Gasteiger partial charge in [-0.15, -0.1) is 0 Å². The Kier molecular flexibility index (Phi) is 4.68. The van der Waals surface area contributed by atoms with Gasteiger partial charge in [0.25, 0.3) is 0 Å². The van der Waals surface area contributed by atoms with Crippen molar-refractivity contribution in [3.05, 3.63) is 0 Å². The molecule has 10 heteroatoms. The molecule has 26 heavy (non-hydrogen) atoms. The third-order valence-electron chi connectivity index (χ3n) is 4.63. The Morgan fingerprint density at radius 1 is 1.08 bits per heavy atom. The molecule has 0 spiro atoms. The van der Waals surface area contributed by atoms with E-state index in [0.29, 0.717) is 0 Å². The number of esters is 1. The number of carbonyl (C=O) groups excluding carboxylic acids is 2. The monoisotopic (exact) mass is 374 g/mol. The number of methoxy groups -OCH3 is 1. The van der Waals surface area contributed by atoms with Gasteiger partial charge in [-0.1, -0.05) is 0 Å². The summed E-state index contributed by atoms with van der Waals surface area (Å²) in [7, 11) is 1.25. The minimum atomic E-state index is -1.53. The second-order valence-corrected chi connectivity index (χ2v) is 7.60. The van der Waals surface area contributed by atoms with E-state index in [1.165, 1.54) is 7.11 Å². The molecule has 3 aliphatic heterocycles. The highest BCUT2D eigenvalue weighted by atomic mass is 16.8. The smallest absolute Gasteiger partial charge is 0.314 e. The van der Waals surface area contributed by atoms with Crippen LogP contribution < -0.4 is 11.1 Å². The molecule has 5 atom stereocenters. The summed E-state index contributed by atoms with van der Waals surface area (Å²) < 4.78 is 34.3. The predicted octanol–water partition coefficient (Wildman–Crippen LogP) is -0.0155. The van der Waals surface area contributed by atoms with E-state index < -0.39 is 53.7 Å². The lowest BCUT2D eigenvalue weighted by Crippen LogP contribution is -2.59. The van der Waals surface area contributed by atoms with E-state index in [1.54, 1.807) is 27.7 Å². The molecule has 0 aromatic rings. The van der Waals surface area contributed by atoms with Gasteiger partial charge in [-0.25, -0.2) is 4.79 Å². The summed E-state index contributed by atoms with van der Waals surface area (Å²) in [6, 6.07) is -0.856. The fourth-order valence-corrected chi connectivity index (χ4v) is 3.71. The SMILES string of the molecule is COC(=O)C[C@@]1(NC(N)=O)O[C@@H]([C@H]2COC(C)(C)O2)[C@H]2OC(C)(C)O[C@H]21. The van der Waals surface area contributed by atoms with Gasteiger partial charge in [0.05, 0.1) is 20.1 Å². The van der Waals surface area contributed by atoms with Gasteiger partial charge in [-0.05, 0) is 27.7 Å². The van der Waals surface area contributed by atoms with Crippen molar-refractivity contribution in [3.63, 3.8) is 0 Å². The molecule has 2 amide bonds. The van der Waals surface area contributed by atoms with Crippen LogP contribution in [0.15, 0.2) is 0 Å². The molecule has 0 aromatic carbocycles. The zero-order chi connectivity index (χ0) is 19.3. The van der Waals surface area contributed by atoms with Gasteiger partial charge in [0.2, 0.25) is 0 Å². The average Bonchev–Trinajstić information content (AvgIpc) is 3.10. The summed E-state index contributed by atoms with van der Waals surface area (Å²) in [5.41, 5.74) is 3.80. The van der Waals surface area contributed by atoms with Crippen LogP contribution in [0.5, 0.6) is 0 Å². The number of amides is 2. The molecule has 0 aromatic heterocycles. The number of primary amides is 1. The Balaban J connectivity index is 1.93. The van der Waals surface area contributed by atoms with Crippen LogP contribution in [0.2, 0.25) is 0 Å². The van der Waals surface area contributed by atoms with Crippen molar-refractivity contribution in [1.82, 2.24) is 5.32 Å². The number of carbonyl (C=O) groups is 2. The van der Waals surface area contributed by atoms with Crippen molar-refractivity contribution in [1.29, 1.82) is 0 Å². The Morgan fingerprint density at radius 3 is 2.31 bits per heavy atom. The van der Waals surface area contributed by atoms with E-state index in [2.05, 4.69) is 5.32 Å². The fourth-order valence-electron chi connectivity index (χ4n) is 3.71. The molecule has 3 fully saturated rings. The first-order valence-electron chi connectivity index (χ1n) is 8.47. The van der Waals surface area contributed by atoms with Gasteiger partial charge in [0.1, 0.15) is 24.4 Å². The van der Waals surface area contributed by atoms with Crippen molar-refractivity contribution >= 4 is 12.0 Å². The first kappa shape index (κ1) is 19.3. The third-order valence-corrected chi connectivity index (χ3v) is 4.63. The number of urea groups is 1. The highest BCUT2D eigenvalue weighted by molar-refractivity contribution is 5.76. The summed E-state index contributed by atoms with van der Waals surface area (Å²) in [6.07, 6.45) is -2.77. The highest BCUT2D eigenvalue weighted by Crippen LogP contribution is 2.47. The highest BCUT2D eigenvalue weighted by Gasteiger charge is 2.66. The van der Waals surface area contributed by atoms with Gasteiger partial charge < -0.3 is 39.5 Å². The van der Waals surface area contributed by atoms with E-state index in [0.717, 1.165) is 0 Å². The predicted molar refractivity (Wildman–Crippen MR) is 85.7 cm³/mol. The summed E-state index contributed by atoms with van der Waals surface area (Å²) in [4.78, 5) is 23.6. The molecule has 148 valence electrons. The van der Waals surface area contributed by atoms with Crippen LogP contribution in [0.1, 0.15) is 34.1 Å². The lowest BCUT2D eigenvalue weighted by atomic mass is 9.98. The maximum Gasteiger partial charge on any atom is 0.314 e.